The fourth-order valence-electron chi connectivity index (χ4n) is 0.951. The Morgan fingerprint density at radius 1 is 1.21 bits per heavy atom. The first-order valence-corrected chi connectivity index (χ1v) is 5.45. The van der Waals surface area contributed by atoms with Gasteiger partial charge in [-0.05, 0) is 52.4 Å². The molecule has 2 rings (SSSR count). The summed E-state index contributed by atoms with van der Waals surface area (Å²) in [5.74, 6) is 0.369. The molecule has 72 valence electrons. The van der Waals surface area contributed by atoms with E-state index in [4.69, 9.17) is 27.6 Å². The quantitative estimate of drug-likeness (QED) is 0.744. The van der Waals surface area contributed by atoms with Crippen LogP contribution >= 0.6 is 45.8 Å². The summed E-state index contributed by atoms with van der Waals surface area (Å²) in [6.45, 7) is 0. The van der Waals surface area contributed by atoms with E-state index in [1.807, 2.05) is 12.1 Å². The molecule has 3 nitrogen and oxygen atoms in total. The summed E-state index contributed by atoms with van der Waals surface area (Å²) in [6, 6.07) is 5.47. The van der Waals surface area contributed by atoms with Gasteiger partial charge >= 0.3 is 5.35 Å². The molecule has 0 amide bonds. The van der Waals surface area contributed by atoms with E-state index in [0.717, 1.165) is 9.13 Å². The number of halogens is 3. The van der Waals surface area contributed by atoms with E-state index in [-0.39, 0.29) is 5.35 Å². The smallest absolute Gasteiger partial charge is 0.313 e. The van der Waals surface area contributed by atoms with E-state index in [1.165, 1.54) is 0 Å². The van der Waals surface area contributed by atoms with Crippen molar-refractivity contribution in [1.29, 1.82) is 0 Å². The van der Waals surface area contributed by atoms with Crippen molar-refractivity contribution in [3.63, 3.8) is 0 Å². The average Bonchev–Trinajstić information content (AvgIpc) is 2.57. The second-order valence-electron chi connectivity index (χ2n) is 2.49. The summed E-state index contributed by atoms with van der Waals surface area (Å²) < 4.78 is 6.02. The fourth-order valence-corrected chi connectivity index (χ4v) is 1.58. The standard InChI is InChI=1S/C8H3Cl2IN2O/c9-5-3-4(1-2-6(5)11)7-12-13-8(10)14-7/h1-3H. The van der Waals surface area contributed by atoms with Crippen LogP contribution in [0.25, 0.3) is 11.5 Å². The summed E-state index contributed by atoms with van der Waals surface area (Å²) >= 11 is 13.6. The first-order chi connectivity index (χ1) is 6.66. The highest BCUT2D eigenvalue weighted by molar-refractivity contribution is 14.1. The lowest BCUT2D eigenvalue weighted by molar-refractivity contribution is 0.571. The van der Waals surface area contributed by atoms with Crippen LogP contribution in [-0.2, 0) is 0 Å². The third kappa shape index (κ3) is 2.02. The minimum Gasteiger partial charge on any atom is -0.407 e. The van der Waals surface area contributed by atoms with Crippen molar-refractivity contribution >= 4 is 45.8 Å². The maximum Gasteiger partial charge on any atom is 0.313 e. The fraction of sp³-hybridized carbons (Fsp3) is 0. The molecule has 0 saturated carbocycles. The van der Waals surface area contributed by atoms with Crippen LogP contribution in [0.3, 0.4) is 0 Å². The van der Waals surface area contributed by atoms with Crippen LogP contribution in [0.4, 0.5) is 0 Å². The van der Waals surface area contributed by atoms with Crippen LogP contribution in [0.1, 0.15) is 0 Å². The maximum absolute atomic E-state index is 5.94. The van der Waals surface area contributed by atoms with E-state index in [1.54, 1.807) is 6.07 Å². The Labute approximate surface area is 104 Å². The summed E-state index contributed by atoms with van der Waals surface area (Å²) in [4.78, 5) is 0. The van der Waals surface area contributed by atoms with Crippen LogP contribution in [0.15, 0.2) is 22.6 Å². The molecule has 6 heteroatoms. The van der Waals surface area contributed by atoms with Gasteiger partial charge in [0.1, 0.15) is 0 Å². The zero-order valence-corrected chi connectivity index (χ0v) is 10.3. The summed E-state index contributed by atoms with van der Waals surface area (Å²) in [5, 5.41) is 7.97. The number of hydrogen-bond acceptors (Lipinski definition) is 3. The lowest BCUT2D eigenvalue weighted by Gasteiger charge is -1.97. The number of hydrogen-bond donors (Lipinski definition) is 0. The number of nitrogens with zero attached hydrogens (tertiary/aromatic N) is 2. The molecule has 2 aromatic rings. The van der Waals surface area contributed by atoms with Crippen molar-refractivity contribution in [1.82, 2.24) is 10.2 Å². The van der Waals surface area contributed by atoms with Crippen molar-refractivity contribution in [2.75, 3.05) is 0 Å². The lowest BCUT2D eigenvalue weighted by Crippen LogP contribution is -1.80. The van der Waals surface area contributed by atoms with Gasteiger partial charge in [-0.15, -0.1) is 5.10 Å². The lowest BCUT2D eigenvalue weighted by atomic mass is 10.2. The van der Waals surface area contributed by atoms with Crippen LogP contribution < -0.4 is 0 Å². The maximum atomic E-state index is 5.94. The molecule has 0 radical (unpaired) electrons. The van der Waals surface area contributed by atoms with Gasteiger partial charge in [0.25, 0.3) is 0 Å². The molecule has 1 aromatic carbocycles. The third-order valence-corrected chi connectivity index (χ3v) is 3.29. The second kappa shape index (κ2) is 4.04. The predicted molar refractivity (Wildman–Crippen MR) is 62.5 cm³/mol. The van der Waals surface area contributed by atoms with Gasteiger partial charge in [0.15, 0.2) is 0 Å². The van der Waals surface area contributed by atoms with Gasteiger partial charge < -0.3 is 4.42 Å². The highest BCUT2D eigenvalue weighted by Crippen LogP contribution is 2.26. The Hall–Kier alpha value is -0.330. The molecule has 0 aliphatic carbocycles. The zero-order valence-electron chi connectivity index (χ0n) is 6.67. The molecule has 1 heterocycles. The topological polar surface area (TPSA) is 38.9 Å². The van der Waals surface area contributed by atoms with E-state index in [0.29, 0.717) is 10.9 Å². The van der Waals surface area contributed by atoms with Gasteiger partial charge in [0.2, 0.25) is 5.89 Å². The second-order valence-corrected chi connectivity index (χ2v) is 4.38. The van der Waals surface area contributed by atoms with E-state index in [9.17, 15) is 0 Å². The molecule has 0 N–H and O–H groups in total. The minimum absolute atomic E-state index is 0.0228. The molecule has 14 heavy (non-hydrogen) atoms. The Morgan fingerprint density at radius 2 is 2.00 bits per heavy atom. The van der Waals surface area contributed by atoms with Gasteiger partial charge in [-0.3, -0.25) is 0 Å². The molecule has 0 aliphatic heterocycles. The van der Waals surface area contributed by atoms with Gasteiger partial charge in [0.05, 0.1) is 5.02 Å². The number of aromatic nitrogens is 2. The molecule has 0 unspecified atom stereocenters. The molecule has 0 saturated heterocycles. The number of rotatable bonds is 1. The monoisotopic (exact) mass is 340 g/mol. The Morgan fingerprint density at radius 3 is 2.57 bits per heavy atom. The molecule has 0 bridgehead atoms. The van der Waals surface area contributed by atoms with Crippen LogP contribution in [0, 0.1) is 3.57 Å². The predicted octanol–water partition coefficient (Wildman–Crippen LogP) is 3.65. The molecular formula is C8H3Cl2IN2O. The zero-order chi connectivity index (χ0) is 10.1. The van der Waals surface area contributed by atoms with E-state index in [2.05, 4.69) is 32.8 Å². The third-order valence-electron chi connectivity index (χ3n) is 1.57. The number of benzene rings is 1. The molecular weight excluding hydrogens is 338 g/mol. The SMILES string of the molecule is Clc1nnc(-c2ccc(I)c(Cl)c2)o1. The van der Waals surface area contributed by atoms with E-state index < -0.39 is 0 Å². The first-order valence-electron chi connectivity index (χ1n) is 3.61. The van der Waals surface area contributed by atoms with Crippen molar-refractivity contribution < 1.29 is 4.42 Å². The largest absolute Gasteiger partial charge is 0.407 e. The van der Waals surface area contributed by atoms with Crippen molar-refractivity contribution in [2.45, 2.75) is 0 Å². The normalized spacial score (nSPS) is 10.5. The molecule has 1 aromatic heterocycles. The van der Waals surface area contributed by atoms with Crippen molar-refractivity contribution in [3.8, 4) is 11.5 Å². The van der Waals surface area contributed by atoms with Crippen molar-refractivity contribution in [3.05, 3.63) is 32.1 Å². The first kappa shape index (κ1) is 10.2. The van der Waals surface area contributed by atoms with E-state index >= 15 is 0 Å². The minimum atomic E-state index is 0.0228. The van der Waals surface area contributed by atoms with Crippen LogP contribution in [0.2, 0.25) is 10.4 Å². The molecule has 0 aliphatic rings. The Kier molecular flexibility index (Phi) is 2.94. The van der Waals surface area contributed by atoms with Gasteiger partial charge in [-0.1, -0.05) is 16.7 Å². The van der Waals surface area contributed by atoms with Gasteiger partial charge in [0, 0.05) is 9.13 Å². The Balaban J connectivity index is 2.47. The summed E-state index contributed by atoms with van der Waals surface area (Å²) in [7, 11) is 0. The highest BCUT2D eigenvalue weighted by atomic mass is 127. The molecule has 0 fully saturated rings. The van der Waals surface area contributed by atoms with Crippen molar-refractivity contribution in [2.24, 2.45) is 0 Å². The average molecular weight is 341 g/mol. The van der Waals surface area contributed by atoms with Gasteiger partial charge in [-0.2, -0.15) is 0 Å². The van der Waals surface area contributed by atoms with Gasteiger partial charge in [-0.25, -0.2) is 0 Å². The van der Waals surface area contributed by atoms with Crippen LogP contribution in [0.5, 0.6) is 0 Å². The van der Waals surface area contributed by atoms with Crippen LogP contribution in [-0.4, -0.2) is 10.2 Å². The molecule has 0 spiro atoms. The highest BCUT2D eigenvalue weighted by Gasteiger charge is 2.08. The summed E-state index contributed by atoms with van der Waals surface area (Å²) in [6.07, 6.45) is 0. The molecule has 0 atom stereocenters. The summed E-state index contributed by atoms with van der Waals surface area (Å²) in [5.41, 5.74) is 0.759. The Bertz CT molecular complexity index is 472.